The van der Waals surface area contributed by atoms with E-state index in [1.807, 2.05) is 0 Å². The topological polar surface area (TPSA) is 114 Å². The summed E-state index contributed by atoms with van der Waals surface area (Å²) in [5, 5.41) is 2.89. The largest absolute Gasteiger partial charge is 0.459 e. The maximum absolute atomic E-state index is 11.9. The number of anilines is 1. The van der Waals surface area contributed by atoms with E-state index in [9.17, 15) is 9.59 Å². The Hall–Kier alpha value is -2.90. The molecule has 3 rings (SSSR count). The fraction of sp³-hybridized carbons (Fsp3) is 0.375. The highest BCUT2D eigenvalue weighted by atomic mass is 16.3. The summed E-state index contributed by atoms with van der Waals surface area (Å²) in [6, 6.07) is 3.32. The number of hydrogen-bond acceptors (Lipinski definition) is 6. The van der Waals surface area contributed by atoms with E-state index in [1.54, 1.807) is 18.3 Å². The number of hydrogen-bond donors (Lipinski definition) is 2. The van der Waals surface area contributed by atoms with Gasteiger partial charge in [-0.25, -0.2) is 9.97 Å². The van der Waals surface area contributed by atoms with Crippen molar-refractivity contribution in [1.82, 2.24) is 15.3 Å². The van der Waals surface area contributed by atoms with Gasteiger partial charge < -0.3 is 20.4 Å². The molecule has 1 atom stereocenters. The molecule has 0 spiro atoms. The standard InChI is InChI=1S/C16H19N5O3/c17-15(22)12-8-19-14(9-18-12)21-5-1-3-11(10-21)7-20-16(23)13-4-2-6-24-13/h2,4,6,8-9,11H,1,3,5,7,10H2,(H2,17,22)(H,20,23). The molecular formula is C16H19N5O3. The van der Waals surface area contributed by atoms with Crippen LogP contribution in [0.15, 0.2) is 35.2 Å². The van der Waals surface area contributed by atoms with Crippen molar-refractivity contribution in [3.63, 3.8) is 0 Å². The third-order valence-electron chi connectivity index (χ3n) is 4.03. The lowest BCUT2D eigenvalue weighted by molar-refractivity contribution is 0.0917. The highest BCUT2D eigenvalue weighted by molar-refractivity contribution is 5.91. The van der Waals surface area contributed by atoms with Crippen molar-refractivity contribution in [3.8, 4) is 0 Å². The summed E-state index contributed by atoms with van der Waals surface area (Å²) in [7, 11) is 0. The maximum atomic E-state index is 11.9. The average molecular weight is 329 g/mol. The van der Waals surface area contributed by atoms with Crippen LogP contribution in [-0.4, -0.2) is 41.4 Å². The van der Waals surface area contributed by atoms with E-state index in [0.717, 1.165) is 25.9 Å². The maximum Gasteiger partial charge on any atom is 0.286 e. The Labute approximate surface area is 139 Å². The molecule has 24 heavy (non-hydrogen) atoms. The number of nitrogens with one attached hydrogen (secondary N) is 1. The first-order valence-corrected chi connectivity index (χ1v) is 7.82. The van der Waals surface area contributed by atoms with Crippen molar-refractivity contribution in [2.45, 2.75) is 12.8 Å². The smallest absolute Gasteiger partial charge is 0.286 e. The van der Waals surface area contributed by atoms with E-state index in [-0.39, 0.29) is 11.6 Å². The average Bonchev–Trinajstić information content (AvgIpc) is 3.15. The van der Waals surface area contributed by atoms with Crippen LogP contribution in [0, 0.1) is 5.92 Å². The number of amides is 2. The number of piperidine rings is 1. The van der Waals surface area contributed by atoms with Gasteiger partial charge in [0.25, 0.3) is 11.8 Å². The van der Waals surface area contributed by atoms with Crippen LogP contribution in [-0.2, 0) is 0 Å². The highest BCUT2D eigenvalue weighted by Gasteiger charge is 2.22. The van der Waals surface area contributed by atoms with Crippen LogP contribution in [0.2, 0.25) is 0 Å². The molecular weight excluding hydrogens is 310 g/mol. The van der Waals surface area contributed by atoms with Crippen LogP contribution in [0.5, 0.6) is 0 Å². The molecule has 3 N–H and O–H groups in total. The quantitative estimate of drug-likeness (QED) is 0.839. The fourth-order valence-corrected chi connectivity index (χ4v) is 2.78. The van der Waals surface area contributed by atoms with E-state index in [1.165, 1.54) is 12.5 Å². The molecule has 1 fully saturated rings. The Bertz CT molecular complexity index is 699. The molecule has 1 saturated heterocycles. The molecule has 1 aliphatic rings. The monoisotopic (exact) mass is 329 g/mol. The van der Waals surface area contributed by atoms with Gasteiger partial charge in [-0.15, -0.1) is 0 Å². The number of rotatable bonds is 5. The third kappa shape index (κ3) is 3.70. The second kappa shape index (κ2) is 7.12. The lowest BCUT2D eigenvalue weighted by atomic mass is 9.98. The number of furan rings is 1. The summed E-state index contributed by atoms with van der Waals surface area (Å²) in [5.41, 5.74) is 5.32. The summed E-state index contributed by atoms with van der Waals surface area (Å²) in [5.74, 6) is 0.543. The molecule has 2 aromatic heterocycles. The van der Waals surface area contributed by atoms with Gasteiger partial charge in [-0.2, -0.15) is 0 Å². The molecule has 0 aliphatic carbocycles. The van der Waals surface area contributed by atoms with Crippen molar-refractivity contribution in [2.75, 3.05) is 24.5 Å². The van der Waals surface area contributed by atoms with Crippen LogP contribution in [0.4, 0.5) is 5.82 Å². The van der Waals surface area contributed by atoms with Crippen LogP contribution < -0.4 is 16.0 Å². The molecule has 0 bridgehead atoms. The van der Waals surface area contributed by atoms with E-state index >= 15 is 0 Å². The van der Waals surface area contributed by atoms with Crippen molar-refractivity contribution < 1.29 is 14.0 Å². The van der Waals surface area contributed by atoms with Gasteiger partial charge in [-0.3, -0.25) is 9.59 Å². The van der Waals surface area contributed by atoms with E-state index in [2.05, 4.69) is 20.2 Å². The molecule has 3 heterocycles. The molecule has 2 amide bonds. The Balaban J connectivity index is 1.56. The summed E-state index contributed by atoms with van der Waals surface area (Å²) in [4.78, 5) is 33.3. The lowest BCUT2D eigenvalue weighted by Gasteiger charge is -2.33. The van der Waals surface area contributed by atoms with Gasteiger partial charge in [0.1, 0.15) is 11.5 Å². The van der Waals surface area contributed by atoms with Gasteiger partial charge in [0.15, 0.2) is 5.76 Å². The Morgan fingerprint density at radius 1 is 1.38 bits per heavy atom. The second-order valence-electron chi connectivity index (χ2n) is 5.77. The first-order chi connectivity index (χ1) is 11.6. The van der Waals surface area contributed by atoms with Crippen LogP contribution >= 0.6 is 0 Å². The molecule has 0 aromatic carbocycles. The zero-order valence-electron chi connectivity index (χ0n) is 13.1. The van der Waals surface area contributed by atoms with E-state index < -0.39 is 5.91 Å². The predicted molar refractivity (Wildman–Crippen MR) is 86.5 cm³/mol. The first-order valence-electron chi connectivity index (χ1n) is 7.82. The van der Waals surface area contributed by atoms with Crippen LogP contribution in [0.25, 0.3) is 0 Å². The number of aromatic nitrogens is 2. The number of nitrogens with two attached hydrogens (primary N) is 1. The van der Waals surface area contributed by atoms with Crippen molar-refractivity contribution >= 4 is 17.6 Å². The van der Waals surface area contributed by atoms with Gasteiger partial charge in [-0.05, 0) is 30.9 Å². The number of carbonyl (C=O) groups is 2. The van der Waals surface area contributed by atoms with Gasteiger partial charge in [-0.1, -0.05) is 0 Å². The van der Waals surface area contributed by atoms with Gasteiger partial charge in [0, 0.05) is 19.6 Å². The van der Waals surface area contributed by atoms with Crippen LogP contribution in [0.1, 0.15) is 33.9 Å². The van der Waals surface area contributed by atoms with E-state index in [4.69, 9.17) is 10.2 Å². The Morgan fingerprint density at radius 3 is 2.92 bits per heavy atom. The highest BCUT2D eigenvalue weighted by Crippen LogP contribution is 2.20. The zero-order valence-corrected chi connectivity index (χ0v) is 13.1. The molecule has 0 saturated carbocycles. The van der Waals surface area contributed by atoms with Crippen molar-refractivity contribution in [2.24, 2.45) is 11.7 Å². The van der Waals surface area contributed by atoms with Crippen molar-refractivity contribution in [3.05, 3.63) is 42.2 Å². The first kappa shape index (κ1) is 16.0. The van der Waals surface area contributed by atoms with Gasteiger partial charge >= 0.3 is 0 Å². The van der Waals surface area contributed by atoms with Gasteiger partial charge in [0.05, 0.1) is 18.7 Å². The van der Waals surface area contributed by atoms with Crippen molar-refractivity contribution in [1.29, 1.82) is 0 Å². The minimum absolute atomic E-state index is 0.151. The van der Waals surface area contributed by atoms with Gasteiger partial charge in [0.2, 0.25) is 0 Å². The Kier molecular flexibility index (Phi) is 4.74. The number of nitrogens with zero attached hydrogens (tertiary/aromatic N) is 3. The summed E-state index contributed by atoms with van der Waals surface area (Å²) in [6.45, 7) is 2.21. The normalized spacial score (nSPS) is 17.5. The molecule has 1 unspecified atom stereocenters. The van der Waals surface area contributed by atoms with E-state index in [0.29, 0.717) is 24.0 Å². The van der Waals surface area contributed by atoms with Crippen LogP contribution in [0.3, 0.4) is 0 Å². The molecule has 2 aromatic rings. The summed E-state index contributed by atoms with van der Waals surface area (Å²) < 4.78 is 5.08. The Morgan fingerprint density at radius 2 is 2.25 bits per heavy atom. The minimum Gasteiger partial charge on any atom is -0.459 e. The second-order valence-corrected chi connectivity index (χ2v) is 5.77. The molecule has 8 heteroatoms. The lowest BCUT2D eigenvalue weighted by Crippen LogP contribution is -2.41. The number of primary amides is 1. The summed E-state index contributed by atoms with van der Waals surface area (Å²) in [6.07, 6.45) is 6.46. The molecule has 126 valence electrons. The number of carbonyl (C=O) groups excluding carboxylic acids is 2. The third-order valence-corrected chi connectivity index (χ3v) is 4.03. The SMILES string of the molecule is NC(=O)c1cnc(N2CCCC(CNC(=O)c3ccco3)C2)cn1. The zero-order chi connectivity index (χ0) is 16.9. The predicted octanol–water partition coefficient (Wildman–Crippen LogP) is 0.815. The fourth-order valence-electron chi connectivity index (χ4n) is 2.78. The molecule has 8 nitrogen and oxygen atoms in total. The molecule has 0 radical (unpaired) electrons. The minimum atomic E-state index is -0.591. The summed E-state index contributed by atoms with van der Waals surface area (Å²) >= 11 is 0. The molecule has 1 aliphatic heterocycles.